The van der Waals surface area contributed by atoms with Crippen molar-refractivity contribution in [2.75, 3.05) is 6.61 Å². The summed E-state index contributed by atoms with van der Waals surface area (Å²) in [6.45, 7) is 2.63. The van der Waals surface area contributed by atoms with Crippen LogP contribution in [0.1, 0.15) is 23.7 Å². The predicted molar refractivity (Wildman–Crippen MR) is 89.1 cm³/mol. The fourth-order valence-electron chi connectivity index (χ4n) is 2.53. The van der Waals surface area contributed by atoms with Crippen LogP contribution in [-0.2, 0) is 6.54 Å². The summed E-state index contributed by atoms with van der Waals surface area (Å²) < 4.78 is 7.37. The highest BCUT2D eigenvalue weighted by Gasteiger charge is 2.05. The normalized spacial score (nSPS) is 10.8. The van der Waals surface area contributed by atoms with E-state index in [0.29, 0.717) is 18.7 Å². The Morgan fingerprint density at radius 2 is 1.87 bits per heavy atom. The first-order chi connectivity index (χ1) is 11.1. The van der Waals surface area contributed by atoms with Gasteiger partial charge >= 0.3 is 5.69 Å². The maximum Gasteiger partial charge on any atom is 0.326 e. The molecule has 2 aromatic carbocycles. The minimum absolute atomic E-state index is 0.0373. The number of ketones is 1. The zero-order valence-electron chi connectivity index (χ0n) is 12.9. The van der Waals surface area contributed by atoms with Crippen LogP contribution in [0.4, 0.5) is 0 Å². The molecule has 23 heavy (non-hydrogen) atoms. The number of aromatic amines is 1. The minimum Gasteiger partial charge on any atom is -0.494 e. The van der Waals surface area contributed by atoms with Crippen molar-refractivity contribution in [3.63, 3.8) is 0 Å². The molecule has 0 fully saturated rings. The maximum absolute atomic E-state index is 11.9. The van der Waals surface area contributed by atoms with Crippen molar-refractivity contribution in [3.05, 3.63) is 64.6 Å². The second kappa shape index (κ2) is 6.52. The number of para-hydroxylation sites is 2. The van der Waals surface area contributed by atoms with Crippen molar-refractivity contribution < 1.29 is 9.53 Å². The molecule has 1 heterocycles. The standard InChI is InChI=1S/C18H18N2O3/c1-13(21)14-7-9-15(10-8-14)23-12-4-11-20-17-6-3-2-5-16(17)19-18(20)22/h2-3,5-10H,4,11-12H2,1H3,(H,19,22). The monoisotopic (exact) mass is 310 g/mol. The number of nitrogens with zero attached hydrogens (tertiary/aromatic N) is 1. The smallest absolute Gasteiger partial charge is 0.326 e. The van der Waals surface area contributed by atoms with Crippen LogP contribution in [0.3, 0.4) is 0 Å². The van der Waals surface area contributed by atoms with E-state index in [9.17, 15) is 9.59 Å². The second-order valence-electron chi connectivity index (χ2n) is 5.38. The molecule has 1 aromatic heterocycles. The number of H-pyrrole nitrogens is 1. The highest BCUT2D eigenvalue weighted by molar-refractivity contribution is 5.94. The Balaban J connectivity index is 1.58. The molecule has 0 saturated carbocycles. The van der Waals surface area contributed by atoms with Crippen molar-refractivity contribution in [2.24, 2.45) is 0 Å². The van der Waals surface area contributed by atoms with E-state index in [1.165, 1.54) is 6.92 Å². The summed E-state index contributed by atoms with van der Waals surface area (Å²) in [7, 11) is 0. The molecular weight excluding hydrogens is 292 g/mol. The quantitative estimate of drug-likeness (QED) is 0.562. The van der Waals surface area contributed by atoms with Gasteiger partial charge in [0.1, 0.15) is 5.75 Å². The van der Waals surface area contributed by atoms with Crippen LogP contribution in [0.15, 0.2) is 53.3 Å². The number of carbonyl (C=O) groups is 1. The summed E-state index contributed by atoms with van der Waals surface area (Å²) in [5, 5.41) is 0. The Kier molecular flexibility index (Phi) is 4.28. The summed E-state index contributed by atoms with van der Waals surface area (Å²) in [4.78, 5) is 26.0. The van der Waals surface area contributed by atoms with E-state index in [2.05, 4.69) is 4.98 Å². The first-order valence-corrected chi connectivity index (χ1v) is 7.56. The molecule has 118 valence electrons. The van der Waals surface area contributed by atoms with Crippen LogP contribution in [0, 0.1) is 0 Å². The second-order valence-corrected chi connectivity index (χ2v) is 5.38. The molecular formula is C18H18N2O3. The molecule has 3 aromatic rings. The average Bonchev–Trinajstić information content (AvgIpc) is 2.87. The molecule has 3 rings (SSSR count). The van der Waals surface area contributed by atoms with Crippen molar-refractivity contribution >= 4 is 16.8 Å². The van der Waals surface area contributed by atoms with Gasteiger partial charge in [-0.05, 0) is 49.7 Å². The molecule has 5 nitrogen and oxygen atoms in total. The number of fused-ring (bicyclic) bond motifs is 1. The predicted octanol–water partition coefficient (Wildman–Crippen LogP) is 3.00. The van der Waals surface area contributed by atoms with E-state index in [-0.39, 0.29) is 11.5 Å². The van der Waals surface area contributed by atoms with Gasteiger partial charge in [0.2, 0.25) is 0 Å². The van der Waals surface area contributed by atoms with Crippen molar-refractivity contribution in [1.82, 2.24) is 9.55 Å². The van der Waals surface area contributed by atoms with Crippen molar-refractivity contribution in [1.29, 1.82) is 0 Å². The first-order valence-electron chi connectivity index (χ1n) is 7.56. The number of imidazole rings is 1. The fourth-order valence-corrected chi connectivity index (χ4v) is 2.53. The molecule has 0 radical (unpaired) electrons. The van der Waals surface area contributed by atoms with Gasteiger partial charge in [-0.1, -0.05) is 12.1 Å². The number of ether oxygens (including phenoxy) is 1. The van der Waals surface area contributed by atoms with Gasteiger partial charge in [0.15, 0.2) is 5.78 Å². The summed E-state index contributed by atoms with van der Waals surface area (Å²) >= 11 is 0. The zero-order chi connectivity index (χ0) is 16.2. The van der Waals surface area contributed by atoms with Gasteiger partial charge in [-0.3, -0.25) is 9.36 Å². The molecule has 0 atom stereocenters. The fraction of sp³-hybridized carbons (Fsp3) is 0.222. The Morgan fingerprint density at radius 1 is 1.13 bits per heavy atom. The number of benzene rings is 2. The number of hydrogen-bond donors (Lipinski definition) is 1. The van der Waals surface area contributed by atoms with E-state index in [4.69, 9.17) is 4.74 Å². The lowest BCUT2D eigenvalue weighted by atomic mass is 10.1. The number of carbonyl (C=O) groups excluding carboxylic acids is 1. The van der Waals surface area contributed by atoms with Gasteiger partial charge < -0.3 is 9.72 Å². The topological polar surface area (TPSA) is 64.1 Å². The zero-order valence-corrected chi connectivity index (χ0v) is 12.9. The van der Waals surface area contributed by atoms with E-state index in [1.54, 1.807) is 28.8 Å². The number of aromatic nitrogens is 2. The number of hydrogen-bond acceptors (Lipinski definition) is 3. The van der Waals surface area contributed by atoms with Crippen LogP contribution in [0.25, 0.3) is 11.0 Å². The molecule has 0 aliphatic rings. The van der Waals surface area contributed by atoms with Crippen LogP contribution in [0.2, 0.25) is 0 Å². The highest BCUT2D eigenvalue weighted by atomic mass is 16.5. The van der Waals surface area contributed by atoms with Gasteiger partial charge in [0, 0.05) is 12.1 Å². The Morgan fingerprint density at radius 3 is 2.61 bits per heavy atom. The number of Topliss-reactive ketones (excluding diaryl/α,β-unsaturated/α-hetero) is 1. The summed E-state index contributed by atoms with van der Waals surface area (Å²) in [6.07, 6.45) is 0.718. The number of rotatable bonds is 6. The van der Waals surface area contributed by atoms with Gasteiger partial charge in [-0.2, -0.15) is 0 Å². The lowest BCUT2D eigenvalue weighted by Crippen LogP contribution is -2.18. The summed E-state index contributed by atoms with van der Waals surface area (Å²) in [6, 6.07) is 14.7. The van der Waals surface area contributed by atoms with E-state index in [1.807, 2.05) is 24.3 Å². The first kappa shape index (κ1) is 15.1. The third-order valence-electron chi connectivity index (χ3n) is 3.74. The SMILES string of the molecule is CC(=O)c1ccc(OCCCn2c(=O)[nH]c3ccccc32)cc1. The molecule has 0 spiro atoms. The largest absolute Gasteiger partial charge is 0.494 e. The maximum atomic E-state index is 11.9. The van der Waals surface area contributed by atoms with Crippen molar-refractivity contribution in [3.8, 4) is 5.75 Å². The van der Waals surface area contributed by atoms with Crippen molar-refractivity contribution in [2.45, 2.75) is 19.9 Å². The minimum atomic E-state index is -0.1000. The van der Waals surface area contributed by atoms with Gasteiger partial charge in [0.25, 0.3) is 0 Å². The van der Waals surface area contributed by atoms with Crippen LogP contribution in [0.5, 0.6) is 5.75 Å². The third kappa shape index (κ3) is 3.34. The van der Waals surface area contributed by atoms with E-state index >= 15 is 0 Å². The Bertz CT molecular complexity index is 875. The van der Waals surface area contributed by atoms with Crippen LogP contribution >= 0.6 is 0 Å². The third-order valence-corrected chi connectivity index (χ3v) is 3.74. The average molecular weight is 310 g/mol. The molecule has 0 saturated heterocycles. The van der Waals surface area contributed by atoms with Gasteiger partial charge in [0.05, 0.1) is 17.6 Å². The van der Waals surface area contributed by atoms with Crippen LogP contribution in [-0.4, -0.2) is 21.9 Å². The number of aryl methyl sites for hydroxylation is 1. The Hall–Kier alpha value is -2.82. The molecule has 0 amide bonds. The molecule has 0 unspecified atom stereocenters. The summed E-state index contributed by atoms with van der Waals surface area (Å²) in [5.74, 6) is 0.761. The van der Waals surface area contributed by atoms with Gasteiger partial charge in [-0.25, -0.2) is 4.79 Å². The number of nitrogens with one attached hydrogen (secondary N) is 1. The molecule has 1 N–H and O–H groups in total. The molecule has 0 aliphatic heterocycles. The lowest BCUT2D eigenvalue weighted by Gasteiger charge is -2.07. The van der Waals surface area contributed by atoms with Gasteiger partial charge in [-0.15, -0.1) is 0 Å². The summed E-state index contributed by atoms with van der Waals surface area (Å²) in [5.41, 5.74) is 2.32. The van der Waals surface area contributed by atoms with E-state index in [0.717, 1.165) is 23.2 Å². The molecule has 5 heteroatoms. The van der Waals surface area contributed by atoms with E-state index < -0.39 is 0 Å². The molecule has 0 bridgehead atoms. The Labute approximate surface area is 133 Å². The molecule has 0 aliphatic carbocycles. The lowest BCUT2D eigenvalue weighted by molar-refractivity contribution is 0.101. The highest BCUT2D eigenvalue weighted by Crippen LogP contribution is 2.13. The van der Waals surface area contributed by atoms with Crippen LogP contribution < -0.4 is 10.4 Å².